The second kappa shape index (κ2) is 7.27. The van der Waals surface area contributed by atoms with E-state index in [9.17, 15) is 0 Å². The van der Waals surface area contributed by atoms with Gasteiger partial charge in [-0.2, -0.15) is 10.5 Å². The molecular weight excluding hydrogens is 224 g/mol. The summed E-state index contributed by atoms with van der Waals surface area (Å²) in [7, 11) is 0. The van der Waals surface area contributed by atoms with E-state index in [-0.39, 0.29) is 11.7 Å². The summed E-state index contributed by atoms with van der Waals surface area (Å²) in [4.78, 5) is 0. The van der Waals surface area contributed by atoms with Gasteiger partial charge in [0, 0.05) is 0 Å². The molecule has 18 heavy (non-hydrogen) atoms. The number of hydrogen-bond donors (Lipinski definition) is 0. The van der Waals surface area contributed by atoms with Crippen molar-refractivity contribution in [2.24, 2.45) is 0 Å². The topological polar surface area (TPSA) is 56.8 Å². The standard InChI is InChI=1S/C15H16N2O/c1-3-12(2)18-11-14-6-4-13(5-7-14)8-15(9-16)10-17/h4-8,12H,3,11H2,1-2H3. The predicted octanol–water partition coefficient (Wildman–Crippen LogP) is 3.43. The maximum atomic E-state index is 8.65. The summed E-state index contributed by atoms with van der Waals surface area (Å²) in [6.07, 6.45) is 2.82. The number of rotatable bonds is 5. The minimum absolute atomic E-state index is 0.110. The Morgan fingerprint density at radius 3 is 2.39 bits per heavy atom. The second-order valence-corrected chi connectivity index (χ2v) is 4.05. The fraction of sp³-hybridized carbons (Fsp3) is 0.333. The minimum Gasteiger partial charge on any atom is -0.374 e. The highest BCUT2D eigenvalue weighted by atomic mass is 16.5. The van der Waals surface area contributed by atoms with Gasteiger partial charge in [0.15, 0.2) is 0 Å². The Labute approximate surface area is 108 Å². The molecule has 1 aromatic carbocycles. The second-order valence-electron chi connectivity index (χ2n) is 4.05. The summed E-state index contributed by atoms with van der Waals surface area (Å²) in [5.41, 5.74) is 2.04. The van der Waals surface area contributed by atoms with Crippen LogP contribution in [0.5, 0.6) is 0 Å². The number of allylic oxidation sites excluding steroid dienone is 1. The van der Waals surface area contributed by atoms with E-state index in [1.807, 2.05) is 43.3 Å². The number of ether oxygens (including phenoxy) is 1. The van der Waals surface area contributed by atoms with Gasteiger partial charge in [-0.05, 0) is 30.5 Å². The van der Waals surface area contributed by atoms with E-state index in [0.717, 1.165) is 17.5 Å². The van der Waals surface area contributed by atoms with Gasteiger partial charge in [0.05, 0.1) is 12.7 Å². The molecule has 0 amide bonds. The lowest BCUT2D eigenvalue weighted by molar-refractivity contribution is 0.0508. The third-order valence-electron chi connectivity index (χ3n) is 2.64. The Morgan fingerprint density at radius 2 is 1.89 bits per heavy atom. The molecule has 0 saturated carbocycles. The van der Waals surface area contributed by atoms with E-state index in [1.165, 1.54) is 0 Å². The Kier molecular flexibility index (Phi) is 5.64. The van der Waals surface area contributed by atoms with Crippen LogP contribution in [0.15, 0.2) is 29.8 Å². The molecule has 3 heteroatoms. The van der Waals surface area contributed by atoms with Crippen molar-refractivity contribution < 1.29 is 4.74 Å². The van der Waals surface area contributed by atoms with Crippen LogP contribution in [0.25, 0.3) is 6.08 Å². The quantitative estimate of drug-likeness (QED) is 0.741. The highest BCUT2D eigenvalue weighted by Gasteiger charge is 2.00. The minimum atomic E-state index is 0.110. The largest absolute Gasteiger partial charge is 0.374 e. The van der Waals surface area contributed by atoms with Gasteiger partial charge in [-0.1, -0.05) is 31.2 Å². The molecule has 1 aromatic rings. The lowest BCUT2D eigenvalue weighted by atomic mass is 10.1. The molecule has 1 atom stereocenters. The van der Waals surface area contributed by atoms with E-state index in [0.29, 0.717) is 6.61 Å². The first-order valence-corrected chi connectivity index (χ1v) is 5.92. The van der Waals surface area contributed by atoms with Crippen molar-refractivity contribution in [3.63, 3.8) is 0 Å². The zero-order valence-corrected chi connectivity index (χ0v) is 10.7. The molecule has 0 N–H and O–H groups in total. The van der Waals surface area contributed by atoms with Crippen LogP contribution in [-0.2, 0) is 11.3 Å². The van der Waals surface area contributed by atoms with Crippen LogP contribution in [0.1, 0.15) is 31.4 Å². The summed E-state index contributed by atoms with van der Waals surface area (Å²) >= 11 is 0. The monoisotopic (exact) mass is 240 g/mol. The van der Waals surface area contributed by atoms with E-state index < -0.39 is 0 Å². The predicted molar refractivity (Wildman–Crippen MR) is 70.2 cm³/mol. The molecule has 0 aliphatic carbocycles. The first-order valence-electron chi connectivity index (χ1n) is 5.92. The van der Waals surface area contributed by atoms with E-state index in [1.54, 1.807) is 6.08 Å². The zero-order chi connectivity index (χ0) is 13.4. The van der Waals surface area contributed by atoms with Gasteiger partial charge < -0.3 is 4.74 Å². The van der Waals surface area contributed by atoms with Crippen molar-refractivity contribution in [1.82, 2.24) is 0 Å². The van der Waals surface area contributed by atoms with Crippen molar-refractivity contribution in [3.8, 4) is 12.1 Å². The van der Waals surface area contributed by atoms with Crippen LogP contribution >= 0.6 is 0 Å². The van der Waals surface area contributed by atoms with Gasteiger partial charge in [-0.15, -0.1) is 0 Å². The summed E-state index contributed by atoms with van der Waals surface area (Å²) in [6.45, 7) is 4.72. The van der Waals surface area contributed by atoms with Crippen molar-refractivity contribution in [2.75, 3.05) is 0 Å². The van der Waals surface area contributed by atoms with Crippen molar-refractivity contribution in [3.05, 3.63) is 41.0 Å². The van der Waals surface area contributed by atoms with Crippen molar-refractivity contribution in [2.45, 2.75) is 33.0 Å². The van der Waals surface area contributed by atoms with E-state index >= 15 is 0 Å². The molecular formula is C15H16N2O. The van der Waals surface area contributed by atoms with E-state index in [2.05, 4.69) is 6.92 Å². The van der Waals surface area contributed by atoms with Crippen LogP contribution < -0.4 is 0 Å². The molecule has 0 aliphatic rings. The first kappa shape index (κ1) is 14.0. The van der Waals surface area contributed by atoms with Crippen LogP contribution in [0.2, 0.25) is 0 Å². The molecule has 0 aromatic heterocycles. The number of benzene rings is 1. The zero-order valence-electron chi connectivity index (χ0n) is 10.7. The molecule has 0 aliphatic heterocycles. The highest BCUT2D eigenvalue weighted by Crippen LogP contribution is 2.10. The number of nitrogens with zero attached hydrogens (tertiary/aromatic N) is 2. The molecule has 0 bridgehead atoms. The summed E-state index contributed by atoms with van der Waals surface area (Å²) in [5.74, 6) is 0. The molecule has 1 unspecified atom stereocenters. The van der Waals surface area contributed by atoms with Crippen LogP contribution in [-0.4, -0.2) is 6.10 Å². The lowest BCUT2D eigenvalue weighted by Crippen LogP contribution is -2.05. The summed E-state index contributed by atoms with van der Waals surface area (Å²) in [6, 6.07) is 11.3. The fourth-order valence-corrected chi connectivity index (χ4v) is 1.32. The van der Waals surface area contributed by atoms with E-state index in [4.69, 9.17) is 15.3 Å². The van der Waals surface area contributed by atoms with Gasteiger partial charge in [-0.25, -0.2) is 0 Å². The maximum absolute atomic E-state index is 8.65. The molecule has 0 fully saturated rings. The lowest BCUT2D eigenvalue weighted by Gasteiger charge is -2.10. The van der Waals surface area contributed by atoms with Gasteiger partial charge in [-0.3, -0.25) is 0 Å². The smallest absolute Gasteiger partial charge is 0.130 e. The Balaban J connectivity index is 2.67. The third kappa shape index (κ3) is 4.41. The van der Waals surface area contributed by atoms with Gasteiger partial charge in [0.1, 0.15) is 17.7 Å². The Hall–Kier alpha value is -2.10. The number of hydrogen-bond acceptors (Lipinski definition) is 3. The molecule has 0 spiro atoms. The Morgan fingerprint density at radius 1 is 1.28 bits per heavy atom. The molecule has 0 radical (unpaired) electrons. The van der Waals surface area contributed by atoms with Crippen LogP contribution in [0.3, 0.4) is 0 Å². The summed E-state index contributed by atoms with van der Waals surface area (Å²) in [5, 5.41) is 17.3. The van der Waals surface area contributed by atoms with Crippen LogP contribution in [0, 0.1) is 22.7 Å². The number of nitriles is 2. The van der Waals surface area contributed by atoms with Crippen molar-refractivity contribution >= 4 is 6.08 Å². The average molecular weight is 240 g/mol. The molecule has 1 rings (SSSR count). The average Bonchev–Trinajstić information content (AvgIpc) is 2.43. The molecule has 3 nitrogen and oxygen atoms in total. The third-order valence-corrected chi connectivity index (χ3v) is 2.64. The first-order chi connectivity index (χ1) is 8.69. The molecule has 0 saturated heterocycles. The van der Waals surface area contributed by atoms with Gasteiger partial charge in [0.25, 0.3) is 0 Å². The maximum Gasteiger partial charge on any atom is 0.130 e. The molecule has 92 valence electrons. The fourth-order valence-electron chi connectivity index (χ4n) is 1.32. The Bertz CT molecular complexity index is 473. The summed E-state index contributed by atoms with van der Waals surface area (Å²) < 4.78 is 5.62. The highest BCUT2D eigenvalue weighted by molar-refractivity contribution is 5.61. The van der Waals surface area contributed by atoms with Crippen LogP contribution in [0.4, 0.5) is 0 Å². The van der Waals surface area contributed by atoms with Gasteiger partial charge in [0.2, 0.25) is 0 Å². The SMILES string of the molecule is CCC(C)OCc1ccc(C=C(C#N)C#N)cc1. The van der Waals surface area contributed by atoms with Crippen molar-refractivity contribution in [1.29, 1.82) is 10.5 Å². The normalized spacial score (nSPS) is 11.1. The van der Waals surface area contributed by atoms with Gasteiger partial charge >= 0.3 is 0 Å². The molecule has 0 heterocycles.